The van der Waals surface area contributed by atoms with Crippen molar-refractivity contribution in [1.82, 2.24) is 0 Å². The van der Waals surface area contributed by atoms with Gasteiger partial charge in [0, 0.05) is 0 Å². The van der Waals surface area contributed by atoms with Crippen LogP contribution in [0.4, 0.5) is 0 Å². The van der Waals surface area contributed by atoms with Gasteiger partial charge in [-0.25, -0.2) is 0 Å². The molecule has 0 radical (unpaired) electrons. The molecule has 0 aliphatic heterocycles. The topological polar surface area (TPSA) is 52.3 Å². The van der Waals surface area contributed by atoms with E-state index in [0.29, 0.717) is 12.3 Å². The maximum atomic E-state index is 12.0. The molecule has 0 amide bonds. The van der Waals surface area contributed by atoms with Crippen molar-refractivity contribution in [3.05, 3.63) is 34.9 Å². The van der Waals surface area contributed by atoms with Gasteiger partial charge in [0.1, 0.15) is 5.54 Å². The van der Waals surface area contributed by atoms with Gasteiger partial charge in [0.25, 0.3) is 0 Å². The predicted molar refractivity (Wildman–Crippen MR) is 106 cm³/mol. The molecule has 1 saturated carbocycles. The van der Waals surface area contributed by atoms with E-state index in [9.17, 15) is 4.79 Å². The lowest BCUT2D eigenvalue weighted by molar-refractivity contribution is -0.146. The Hall–Kier alpha value is -1.35. The number of benzene rings is 1. The van der Waals surface area contributed by atoms with E-state index >= 15 is 0 Å². The Morgan fingerprint density at radius 3 is 2.85 bits per heavy atom. The van der Waals surface area contributed by atoms with Crippen molar-refractivity contribution in [2.45, 2.75) is 89.0 Å². The summed E-state index contributed by atoms with van der Waals surface area (Å²) in [6.45, 7) is 2.28. The number of hydrogen-bond donors (Lipinski definition) is 1. The second kappa shape index (κ2) is 8.56. The van der Waals surface area contributed by atoms with Crippen molar-refractivity contribution in [3.8, 4) is 0 Å². The molecular weight excluding hydrogens is 322 g/mol. The van der Waals surface area contributed by atoms with Crippen LogP contribution in [0.1, 0.15) is 87.3 Å². The van der Waals surface area contributed by atoms with E-state index in [1.165, 1.54) is 69.6 Å². The first-order chi connectivity index (χ1) is 12.6. The summed E-state index contributed by atoms with van der Waals surface area (Å²) in [5.41, 5.74) is 9.93. The molecular formula is C23H35NO2. The standard InChI is InChI=1S/C23H35NO2/c1-3-4-5-6-7-17-8-9-19-15-20(11-10-18(19)14-17)21-12-13-23(24,16-21)22(25)26-2/h10-11,15,17,21H,3-9,12-14,16,24H2,1-2H3/t17-,21?,23?/m1/s1. The van der Waals surface area contributed by atoms with Gasteiger partial charge in [0.2, 0.25) is 0 Å². The number of fused-ring (bicyclic) bond motifs is 1. The lowest BCUT2D eigenvalue weighted by Crippen LogP contribution is -2.46. The zero-order valence-electron chi connectivity index (χ0n) is 16.6. The van der Waals surface area contributed by atoms with Gasteiger partial charge < -0.3 is 10.5 Å². The van der Waals surface area contributed by atoms with E-state index in [4.69, 9.17) is 10.5 Å². The Bertz CT molecular complexity index is 627. The fourth-order valence-corrected chi connectivity index (χ4v) is 4.96. The van der Waals surface area contributed by atoms with Crippen molar-refractivity contribution in [2.24, 2.45) is 11.7 Å². The minimum Gasteiger partial charge on any atom is -0.468 e. The van der Waals surface area contributed by atoms with Gasteiger partial charge in [-0.05, 0) is 67.1 Å². The molecule has 3 nitrogen and oxygen atoms in total. The minimum absolute atomic E-state index is 0.260. The molecule has 2 N–H and O–H groups in total. The van der Waals surface area contributed by atoms with Crippen molar-refractivity contribution in [3.63, 3.8) is 0 Å². The Morgan fingerprint density at radius 2 is 2.08 bits per heavy atom. The summed E-state index contributed by atoms with van der Waals surface area (Å²) < 4.78 is 4.91. The van der Waals surface area contributed by atoms with Gasteiger partial charge in [-0.3, -0.25) is 4.79 Å². The van der Waals surface area contributed by atoms with E-state index in [1.807, 2.05) is 0 Å². The minimum atomic E-state index is -0.793. The summed E-state index contributed by atoms with van der Waals surface area (Å²) in [6, 6.07) is 7.03. The summed E-state index contributed by atoms with van der Waals surface area (Å²) in [6.07, 6.45) is 13.1. The van der Waals surface area contributed by atoms with Gasteiger partial charge in [-0.1, -0.05) is 57.2 Å². The van der Waals surface area contributed by atoms with Crippen LogP contribution in [-0.2, 0) is 22.4 Å². The molecule has 26 heavy (non-hydrogen) atoms. The van der Waals surface area contributed by atoms with Crippen LogP contribution in [0.25, 0.3) is 0 Å². The molecule has 2 aliphatic rings. The number of rotatable bonds is 7. The van der Waals surface area contributed by atoms with Crippen LogP contribution in [-0.4, -0.2) is 18.6 Å². The Kier molecular flexibility index (Phi) is 6.39. The summed E-state index contributed by atoms with van der Waals surface area (Å²) in [7, 11) is 1.43. The molecule has 0 heterocycles. The lowest BCUT2D eigenvalue weighted by Gasteiger charge is -2.26. The number of unbranched alkanes of at least 4 members (excludes halogenated alkanes) is 3. The smallest absolute Gasteiger partial charge is 0.325 e. The van der Waals surface area contributed by atoms with Crippen molar-refractivity contribution < 1.29 is 9.53 Å². The number of carbonyl (C=O) groups is 1. The third-order valence-corrected chi connectivity index (χ3v) is 6.64. The molecule has 2 aliphatic carbocycles. The molecule has 1 aromatic rings. The molecule has 1 aromatic carbocycles. The molecule has 1 fully saturated rings. The van der Waals surface area contributed by atoms with Gasteiger partial charge in [0.15, 0.2) is 0 Å². The maximum Gasteiger partial charge on any atom is 0.325 e. The summed E-state index contributed by atoms with van der Waals surface area (Å²) in [5.74, 6) is 0.993. The molecule has 0 bridgehead atoms. The number of aryl methyl sites for hydroxylation is 1. The number of hydrogen-bond acceptors (Lipinski definition) is 3. The highest BCUT2D eigenvalue weighted by molar-refractivity contribution is 5.81. The van der Waals surface area contributed by atoms with Crippen LogP contribution in [0.2, 0.25) is 0 Å². The second-order valence-electron chi connectivity index (χ2n) is 8.57. The average Bonchev–Trinajstić information content (AvgIpc) is 3.07. The predicted octanol–water partition coefficient (Wildman–Crippen LogP) is 4.90. The Labute approximate surface area is 158 Å². The largest absolute Gasteiger partial charge is 0.468 e. The van der Waals surface area contributed by atoms with Crippen molar-refractivity contribution in [1.29, 1.82) is 0 Å². The van der Waals surface area contributed by atoms with Crippen LogP contribution in [0.3, 0.4) is 0 Å². The second-order valence-corrected chi connectivity index (χ2v) is 8.57. The monoisotopic (exact) mass is 357 g/mol. The fraction of sp³-hybridized carbons (Fsp3) is 0.696. The Morgan fingerprint density at radius 1 is 1.23 bits per heavy atom. The molecule has 2 unspecified atom stereocenters. The van der Waals surface area contributed by atoms with E-state index in [1.54, 1.807) is 5.56 Å². The van der Waals surface area contributed by atoms with Crippen molar-refractivity contribution >= 4 is 5.97 Å². The third kappa shape index (κ3) is 4.31. The average molecular weight is 358 g/mol. The van der Waals surface area contributed by atoms with Crippen LogP contribution in [0.15, 0.2) is 18.2 Å². The number of methoxy groups -OCH3 is 1. The van der Waals surface area contributed by atoms with E-state index in [0.717, 1.165) is 18.8 Å². The van der Waals surface area contributed by atoms with E-state index in [-0.39, 0.29) is 5.97 Å². The van der Waals surface area contributed by atoms with Gasteiger partial charge >= 0.3 is 5.97 Å². The Balaban J connectivity index is 1.60. The SMILES string of the molecule is CCCCCC[C@@H]1CCc2cc(C3CCC(N)(C(=O)OC)C3)ccc2C1. The first-order valence-corrected chi connectivity index (χ1v) is 10.5. The molecule has 3 heteroatoms. The summed E-state index contributed by atoms with van der Waals surface area (Å²) in [4.78, 5) is 12.0. The van der Waals surface area contributed by atoms with Crippen LogP contribution in [0, 0.1) is 5.92 Å². The quantitative estimate of drug-likeness (QED) is 0.558. The number of esters is 1. The normalized spacial score (nSPS) is 28.0. The lowest BCUT2D eigenvalue weighted by atomic mass is 9.79. The number of ether oxygens (including phenoxy) is 1. The molecule has 0 aromatic heterocycles. The summed E-state index contributed by atoms with van der Waals surface area (Å²) >= 11 is 0. The summed E-state index contributed by atoms with van der Waals surface area (Å²) in [5, 5.41) is 0. The highest BCUT2D eigenvalue weighted by atomic mass is 16.5. The van der Waals surface area contributed by atoms with Gasteiger partial charge in [-0.2, -0.15) is 0 Å². The van der Waals surface area contributed by atoms with E-state index in [2.05, 4.69) is 25.1 Å². The van der Waals surface area contributed by atoms with Crippen molar-refractivity contribution in [2.75, 3.05) is 7.11 Å². The fourth-order valence-electron chi connectivity index (χ4n) is 4.96. The van der Waals surface area contributed by atoms with Crippen LogP contribution >= 0.6 is 0 Å². The van der Waals surface area contributed by atoms with Crippen LogP contribution in [0.5, 0.6) is 0 Å². The molecule has 0 saturated heterocycles. The molecule has 3 atom stereocenters. The number of nitrogens with two attached hydrogens (primary N) is 1. The highest BCUT2D eigenvalue weighted by Gasteiger charge is 2.43. The first kappa shape index (κ1) is 19.4. The number of carbonyl (C=O) groups excluding carboxylic acids is 1. The van der Waals surface area contributed by atoms with Crippen LogP contribution < -0.4 is 5.73 Å². The first-order valence-electron chi connectivity index (χ1n) is 10.5. The van der Waals surface area contributed by atoms with Gasteiger partial charge in [0.05, 0.1) is 7.11 Å². The molecule has 0 spiro atoms. The zero-order valence-corrected chi connectivity index (χ0v) is 16.6. The molecule has 144 valence electrons. The third-order valence-electron chi connectivity index (χ3n) is 6.64. The molecule has 3 rings (SSSR count). The maximum absolute atomic E-state index is 12.0. The van der Waals surface area contributed by atoms with Gasteiger partial charge in [-0.15, -0.1) is 0 Å². The highest BCUT2D eigenvalue weighted by Crippen LogP contribution is 2.41. The zero-order chi connectivity index (χ0) is 18.6. The van der Waals surface area contributed by atoms with E-state index < -0.39 is 5.54 Å².